The first-order valence-corrected chi connectivity index (χ1v) is 10.6. The maximum absolute atomic E-state index is 12.6. The number of nitrogens with one attached hydrogen (secondary N) is 2. The third-order valence-electron chi connectivity index (χ3n) is 4.66. The minimum Gasteiger partial charge on any atom is -0.343 e. The summed E-state index contributed by atoms with van der Waals surface area (Å²) in [7, 11) is -3.64. The maximum Gasteiger partial charge on any atom is 0.251 e. The first-order valence-electron chi connectivity index (χ1n) is 9.19. The Morgan fingerprint density at radius 1 is 1.30 bits per heavy atom. The zero-order valence-electron chi connectivity index (χ0n) is 16.1. The van der Waals surface area contributed by atoms with Gasteiger partial charge in [-0.15, -0.1) is 0 Å². The molecule has 1 aromatic carbocycles. The second-order valence-electron chi connectivity index (χ2n) is 6.44. The normalized spacial score (nSPS) is 17.8. The maximum atomic E-state index is 12.6. The van der Waals surface area contributed by atoms with Crippen LogP contribution in [0, 0.1) is 0 Å². The predicted octanol–water partition coefficient (Wildman–Crippen LogP) is 0.267. The van der Waals surface area contributed by atoms with Gasteiger partial charge in [-0.2, -0.15) is 4.31 Å². The van der Waals surface area contributed by atoms with Crippen molar-refractivity contribution in [3.05, 3.63) is 29.8 Å². The van der Waals surface area contributed by atoms with Crippen molar-refractivity contribution in [2.24, 2.45) is 0 Å². The van der Waals surface area contributed by atoms with E-state index in [1.54, 1.807) is 18.7 Å². The highest BCUT2D eigenvalue weighted by Gasteiger charge is 2.24. The molecule has 9 heteroatoms. The molecule has 0 radical (unpaired) electrons. The highest BCUT2D eigenvalue weighted by Crippen LogP contribution is 2.17. The van der Waals surface area contributed by atoms with Gasteiger partial charge in [0.15, 0.2) is 0 Å². The van der Waals surface area contributed by atoms with Crippen molar-refractivity contribution in [2.75, 3.05) is 39.3 Å². The summed E-state index contributed by atoms with van der Waals surface area (Å²) in [6.45, 7) is 8.14. The SMILES string of the molecule is CCN(CC)S(=O)(=O)c1cccc(C(=O)NCC(=O)N2CCNCC2C)c1. The van der Waals surface area contributed by atoms with Crippen LogP contribution in [0.3, 0.4) is 0 Å². The van der Waals surface area contributed by atoms with E-state index < -0.39 is 15.9 Å². The fourth-order valence-corrected chi connectivity index (χ4v) is 4.59. The summed E-state index contributed by atoms with van der Waals surface area (Å²) in [6.07, 6.45) is 0. The molecule has 8 nitrogen and oxygen atoms in total. The number of carbonyl (C=O) groups is 2. The zero-order chi connectivity index (χ0) is 20.0. The third kappa shape index (κ3) is 5.06. The monoisotopic (exact) mass is 396 g/mol. The van der Waals surface area contributed by atoms with Crippen LogP contribution in [0.4, 0.5) is 0 Å². The molecule has 0 bridgehead atoms. The number of hydrogen-bond acceptors (Lipinski definition) is 5. The minimum atomic E-state index is -3.64. The molecule has 1 fully saturated rings. The van der Waals surface area contributed by atoms with E-state index >= 15 is 0 Å². The van der Waals surface area contributed by atoms with Crippen molar-refractivity contribution < 1.29 is 18.0 Å². The number of piperazine rings is 1. The third-order valence-corrected chi connectivity index (χ3v) is 6.71. The van der Waals surface area contributed by atoms with E-state index in [4.69, 9.17) is 0 Å². The molecule has 0 saturated carbocycles. The molecule has 1 aliphatic heterocycles. The summed E-state index contributed by atoms with van der Waals surface area (Å²) in [5, 5.41) is 5.80. The van der Waals surface area contributed by atoms with Gasteiger partial charge in [-0.1, -0.05) is 19.9 Å². The van der Waals surface area contributed by atoms with Crippen LogP contribution in [-0.2, 0) is 14.8 Å². The van der Waals surface area contributed by atoms with Crippen LogP contribution in [-0.4, -0.2) is 74.7 Å². The molecule has 1 saturated heterocycles. The van der Waals surface area contributed by atoms with Gasteiger partial charge in [0.2, 0.25) is 15.9 Å². The molecule has 0 aromatic heterocycles. The Bertz CT molecular complexity index is 777. The fourth-order valence-electron chi connectivity index (χ4n) is 3.08. The number of hydrogen-bond donors (Lipinski definition) is 2. The molecule has 150 valence electrons. The van der Waals surface area contributed by atoms with Crippen LogP contribution < -0.4 is 10.6 Å². The lowest BCUT2D eigenvalue weighted by molar-refractivity contribution is -0.132. The van der Waals surface area contributed by atoms with Crippen molar-refractivity contribution in [2.45, 2.75) is 31.7 Å². The number of amides is 2. The summed E-state index contributed by atoms with van der Waals surface area (Å²) in [5.41, 5.74) is 0.212. The highest BCUT2D eigenvalue weighted by molar-refractivity contribution is 7.89. The van der Waals surface area contributed by atoms with E-state index in [2.05, 4.69) is 10.6 Å². The van der Waals surface area contributed by atoms with Gasteiger partial charge < -0.3 is 15.5 Å². The average Bonchev–Trinajstić information content (AvgIpc) is 2.67. The van der Waals surface area contributed by atoms with Gasteiger partial charge in [0, 0.05) is 44.3 Å². The van der Waals surface area contributed by atoms with Crippen LogP contribution in [0.25, 0.3) is 0 Å². The van der Waals surface area contributed by atoms with E-state index in [1.807, 2.05) is 6.92 Å². The second-order valence-corrected chi connectivity index (χ2v) is 8.38. The van der Waals surface area contributed by atoms with Crippen LogP contribution in [0.5, 0.6) is 0 Å². The van der Waals surface area contributed by atoms with E-state index in [-0.39, 0.29) is 29.0 Å². The number of rotatable bonds is 7. The van der Waals surface area contributed by atoms with Crippen LogP contribution >= 0.6 is 0 Å². The summed E-state index contributed by atoms with van der Waals surface area (Å²) < 4.78 is 26.5. The Balaban J connectivity index is 2.06. The van der Waals surface area contributed by atoms with Crippen LogP contribution in [0.2, 0.25) is 0 Å². The lowest BCUT2D eigenvalue weighted by Gasteiger charge is -2.34. The van der Waals surface area contributed by atoms with Gasteiger partial charge >= 0.3 is 0 Å². The molecule has 0 spiro atoms. The molecule has 1 aromatic rings. The molecule has 2 rings (SSSR count). The summed E-state index contributed by atoms with van der Waals surface area (Å²) in [5.74, 6) is -0.619. The molecule has 1 unspecified atom stereocenters. The fraction of sp³-hybridized carbons (Fsp3) is 0.556. The molecule has 1 heterocycles. The van der Waals surface area contributed by atoms with E-state index in [9.17, 15) is 18.0 Å². The second kappa shape index (κ2) is 9.29. The lowest BCUT2D eigenvalue weighted by atomic mass is 10.2. The van der Waals surface area contributed by atoms with E-state index in [0.717, 1.165) is 13.1 Å². The summed E-state index contributed by atoms with van der Waals surface area (Å²) in [6, 6.07) is 5.96. The first-order chi connectivity index (χ1) is 12.8. The Hall–Kier alpha value is -1.97. The Labute approximate surface area is 161 Å². The largest absolute Gasteiger partial charge is 0.343 e. The van der Waals surface area contributed by atoms with Crippen molar-refractivity contribution in [3.8, 4) is 0 Å². The number of nitrogens with zero attached hydrogens (tertiary/aromatic N) is 2. The Kier molecular flexibility index (Phi) is 7.34. The van der Waals surface area contributed by atoms with E-state index in [0.29, 0.717) is 19.6 Å². The van der Waals surface area contributed by atoms with Crippen LogP contribution in [0.15, 0.2) is 29.2 Å². The summed E-state index contributed by atoms with van der Waals surface area (Å²) in [4.78, 5) is 26.5. The van der Waals surface area contributed by atoms with E-state index in [1.165, 1.54) is 28.6 Å². The van der Waals surface area contributed by atoms with Crippen molar-refractivity contribution in [1.82, 2.24) is 19.8 Å². The molecular weight excluding hydrogens is 368 g/mol. The number of sulfonamides is 1. The van der Waals surface area contributed by atoms with Crippen LogP contribution in [0.1, 0.15) is 31.1 Å². The van der Waals surface area contributed by atoms with Crippen molar-refractivity contribution in [3.63, 3.8) is 0 Å². The molecule has 2 amide bonds. The molecule has 1 atom stereocenters. The topological polar surface area (TPSA) is 98.8 Å². The van der Waals surface area contributed by atoms with Crippen molar-refractivity contribution in [1.29, 1.82) is 0 Å². The number of carbonyl (C=O) groups excluding carboxylic acids is 2. The van der Waals surface area contributed by atoms with Gasteiger partial charge in [0.05, 0.1) is 11.4 Å². The van der Waals surface area contributed by atoms with Gasteiger partial charge in [-0.3, -0.25) is 9.59 Å². The first kappa shape index (κ1) is 21.3. The predicted molar refractivity (Wildman–Crippen MR) is 103 cm³/mol. The van der Waals surface area contributed by atoms with Gasteiger partial charge in [0.1, 0.15) is 0 Å². The average molecular weight is 397 g/mol. The molecule has 27 heavy (non-hydrogen) atoms. The Morgan fingerprint density at radius 2 is 2.00 bits per heavy atom. The minimum absolute atomic E-state index is 0.0703. The molecule has 2 N–H and O–H groups in total. The van der Waals surface area contributed by atoms with Gasteiger partial charge in [0.25, 0.3) is 5.91 Å². The Morgan fingerprint density at radius 3 is 2.63 bits per heavy atom. The lowest BCUT2D eigenvalue weighted by Crippen LogP contribution is -2.54. The smallest absolute Gasteiger partial charge is 0.251 e. The summed E-state index contributed by atoms with van der Waals surface area (Å²) >= 11 is 0. The van der Waals surface area contributed by atoms with Crippen molar-refractivity contribution >= 4 is 21.8 Å². The number of benzene rings is 1. The standard InChI is InChI=1S/C18H28N4O4S/c1-4-21(5-2)27(25,26)16-8-6-7-15(11-16)18(24)20-13-17(23)22-10-9-19-12-14(22)3/h6-8,11,14,19H,4-5,9-10,12-13H2,1-3H3,(H,20,24). The molecule has 1 aliphatic rings. The molecule has 0 aliphatic carbocycles. The highest BCUT2D eigenvalue weighted by atomic mass is 32.2. The van der Waals surface area contributed by atoms with Gasteiger partial charge in [-0.25, -0.2) is 8.42 Å². The van der Waals surface area contributed by atoms with Gasteiger partial charge in [-0.05, 0) is 25.1 Å². The quantitative estimate of drug-likeness (QED) is 0.689. The zero-order valence-corrected chi connectivity index (χ0v) is 16.9. The molecular formula is C18H28N4O4S.